The first-order chi connectivity index (χ1) is 21.3. The van der Waals surface area contributed by atoms with E-state index < -0.39 is 74.7 Å². The maximum Gasteiger partial charge on any atom is 0.306 e. The van der Waals surface area contributed by atoms with Gasteiger partial charge in [-0.1, -0.05) is 20.8 Å². The SMILES string of the molecule is COC(=O)CC1C2(C)CC3(O)C(C)OC(=O)CC4CC(C)(C(Cc5ccoc5)OC(C)=O)CCC56OC(C)(OC45C)OC3(C2)C16C. The van der Waals surface area contributed by atoms with Gasteiger partial charge in [0.05, 0.1) is 26.1 Å². The second kappa shape index (κ2) is 9.57. The van der Waals surface area contributed by atoms with E-state index in [0.717, 1.165) is 5.56 Å². The van der Waals surface area contributed by atoms with Crippen molar-refractivity contribution in [2.75, 3.05) is 7.11 Å². The van der Waals surface area contributed by atoms with Crippen LogP contribution in [0.2, 0.25) is 0 Å². The smallest absolute Gasteiger partial charge is 0.306 e. The Morgan fingerprint density at radius 2 is 1.78 bits per heavy atom. The summed E-state index contributed by atoms with van der Waals surface area (Å²) in [6, 6.07) is 1.86. The van der Waals surface area contributed by atoms with Crippen molar-refractivity contribution in [1.82, 2.24) is 0 Å². The van der Waals surface area contributed by atoms with Crippen molar-refractivity contribution in [1.29, 1.82) is 0 Å². The Kier molecular flexibility index (Phi) is 6.68. The maximum atomic E-state index is 13.9. The summed E-state index contributed by atoms with van der Waals surface area (Å²) in [5, 5.41) is 12.9. The van der Waals surface area contributed by atoms with Gasteiger partial charge in [-0.25, -0.2) is 0 Å². The molecule has 12 atom stereocenters. The average molecular weight is 645 g/mol. The molecule has 6 aliphatic rings. The van der Waals surface area contributed by atoms with Gasteiger partial charge in [-0.3, -0.25) is 14.4 Å². The van der Waals surface area contributed by atoms with Crippen LogP contribution >= 0.6 is 0 Å². The minimum atomic E-state index is -1.59. The van der Waals surface area contributed by atoms with Gasteiger partial charge in [0.1, 0.15) is 34.6 Å². The molecule has 46 heavy (non-hydrogen) atoms. The van der Waals surface area contributed by atoms with E-state index in [1.807, 2.05) is 13.0 Å². The van der Waals surface area contributed by atoms with Gasteiger partial charge in [-0.2, -0.15) is 0 Å². The van der Waals surface area contributed by atoms with E-state index >= 15 is 0 Å². The van der Waals surface area contributed by atoms with Crippen LogP contribution in [0.4, 0.5) is 0 Å². The number of aliphatic hydroxyl groups is 1. The van der Waals surface area contributed by atoms with Crippen molar-refractivity contribution in [3.8, 4) is 0 Å². The fraction of sp³-hybridized carbons (Fsp3) is 0.800. The van der Waals surface area contributed by atoms with E-state index in [9.17, 15) is 19.5 Å². The number of esters is 3. The van der Waals surface area contributed by atoms with Crippen LogP contribution < -0.4 is 0 Å². The molecule has 0 radical (unpaired) electrons. The van der Waals surface area contributed by atoms with Crippen molar-refractivity contribution in [2.45, 2.75) is 140 Å². The standard InChI is InChI=1S/C35H48O11/c1-20-33(39)18-29(4)19-35(33)30(5,24(29)15-26(37)40-8)34-11-10-28(3,25(43-21(2)36)13-22-9-12-41-17-22)16-23(14-27(38)42-20)31(34,6)44-32(7,45-34)46-35/h9,12,17,20,23-25,39H,10-11,13-16,18-19H2,1-8H3. The second-order valence-electron chi connectivity index (χ2n) is 16.2. The van der Waals surface area contributed by atoms with E-state index in [0.29, 0.717) is 32.1 Å². The zero-order valence-electron chi connectivity index (χ0n) is 28.2. The van der Waals surface area contributed by atoms with E-state index in [1.54, 1.807) is 26.4 Å². The fourth-order valence-corrected chi connectivity index (χ4v) is 11.9. The molecule has 3 aliphatic carbocycles. The minimum absolute atomic E-state index is 0.00574. The number of carbonyl (C=O) groups excluding carboxylic acids is 3. The monoisotopic (exact) mass is 644 g/mol. The van der Waals surface area contributed by atoms with Crippen molar-refractivity contribution >= 4 is 17.9 Å². The summed E-state index contributed by atoms with van der Waals surface area (Å²) in [5.41, 5.74) is -6.42. The molecule has 6 fully saturated rings. The van der Waals surface area contributed by atoms with Crippen LogP contribution in [0, 0.1) is 28.1 Å². The molecule has 7 rings (SSSR count). The Balaban J connectivity index is 1.46. The number of fused-ring (bicyclic) bond motifs is 2. The summed E-state index contributed by atoms with van der Waals surface area (Å²) >= 11 is 0. The molecule has 3 saturated carbocycles. The van der Waals surface area contributed by atoms with Crippen LogP contribution in [0.25, 0.3) is 0 Å². The summed E-state index contributed by atoms with van der Waals surface area (Å²) in [5.74, 6) is -3.50. The number of hydrogen-bond acceptors (Lipinski definition) is 11. The van der Waals surface area contributed by atoms with Gasteiger partial charge in [0, 0.05) is 43.4 Å². The highest BCUT2D eigenvalue weighted by Gasteiger charge is 2.93. The van der Waals surface area contributed by atoms with Gasteiger partial charge in [0.25, 0.3) is 5.97 Å². The summed E-state index contributed by atoms with van der Waals surface area (Å²) in [6.07, 6.45) is 4.48. The fourth-order valence-electron chi connectivity index (χ4n) is 11.9. The molecule has 0 amide bonds. The number of furan rings is 1. The maximum absolute atomic E-state index is 13.9. The van der Waals surface area contributed by atoms with E-state index in [1.165, 1.54) is 14.0 Å². The lowest BCUT2D eigenvalue weighted by Gasteiger charge is -2.68. The van der Waals surface area contributed by atoms with Crippen LogP contribution in [-0.4, -0.2) is 70.7 Å². The Hall–Kier alpha value is -2.47. The molecule has 1 N–H and O–H groups in total. The number of ether oxygens (including phenoxy) is 6. The third kappa shape index (κ3) is 3.77. The van der Waals surface area contributed by atoms with E-state index in [4.69, 9.17) is 32.8 Å². The molecule has 3 aliphatic heterocycles. The Morgan fingerprint density at radius 1 is 1.07 bits per heavy atom. The van der Waals surface area contributed by atoms with Crippen LogP contribution in [0.1, 0.15) is 99.0 Å². The molecule has 254 valence electrons. The zero-order chi connectivity index (χ0) is 33.3. The molecule has 4 heterocycles. The number of methoxy groups -OCH3 is 1. The highest BCUT2D eigenvalue weighted by atomic mass is 16.9. The van der Waals surface area contributed by atoms with Crippen LogP contribution in [-0.2, 0) is 49.2 Å². The molecule has 1 aromatic heterocycles. The number of carbonyl (C=O) groups is 3. The van der Waals surface area contributed by atoms with Crippen LogP contribution in [0.15, 0.2) is 23.0 Å². The molecular weight excluding hydrogens is 596 g/mol. The minimum Gasteiger partial charge on any atom is -0.472 e. The van der Waals surface area contributed by atoms with Gasteiger partial charge in [-0.15, -0.1) is 0 Å². The van der Waals surface area contributed by atoms with Gasteiger partial charge >= 0.3 is 17.9 Å². The van der Waals surface area contributed by atoms with Gasteiger partial charge in [-0.05, 0) is 68.9 Å². The highest BCUT2D eigenvalue weighted by molar-refractivity contribution is 5.72. The Labute approximate surface area is 269 Å². The van der Waals surface area contributed by atoms with E-state index in [-0.39, 0.29) is 31.1 Å². The molecule has 12 unspecified atom stereocenters. The molecule has 1 aromatic rings. The molecule has 0 aromatic carbocycles. The Morgan fingerprint density at radius 3 is 2.43 bits per heavy atom. The second-order valence-corrected chi connectivity index (χ2v) is 16.2. The first-order valence-corrected chi connectivity index (χ1v) is 16.6. The van der Waals surface area contributed by atoms with Crippen molar-refractivity contribution < 1.29 is 52.3 Å². The zero-order valence-corrected chi connectivity index (χ0v) is 28.2. The first-order valence-electron chi connectivity index (χ1n) is 16.6. The third-order valence-corrected chi connectivity index (χ3v) is 13.8. The summed E-state index contributed by atoms with van der Waals surface area (Å²) in [6.45, 7) is 13.2. The topological polar surface area (TPSA) is 140 Å². The Bertz CT molecular complexity index is 1460. The van der Waals surface area contributed by atoms with Crippen molar-refractivity contribution in [3.63, 3.8) is 0 Å². The average Bonchev–Trinajstić information content (AvgIpc) is 3.63. The quantitative estimate of drug-likeness (QED) is 0.343. The van der Waals surface area contributed by atoms with E-state index in [2.05, 4.69) is 20.8 Å². The van der Waals surface area contributed by atoms with Crippen molar-refractivity contribution in [3.05, 3.63) is 24.2 Å². The molecule has 5 bridgehead atoms. The molecule has 11 nitrogen and oxygen atoms in total. The lowest BCUT2D eigenvalue weighted by molar-refractivity contribution is -0.465. The van der Waals surface area contributed by atoms with Crippen molar-refractivity contribution in [2.24, 2.45) is 28.1 Å². The lowest BCUT2D eigenvalue weighted by atomic mass is 9.44. The van der Waals surface area contributed by atoms with Gasteiger partial charge in [0.2, 0.25) is 0 Å². The van der Waals surface area contributed by atoms with Gasteiger partial charge in [0.15, 0.2) is 0 Å². The predicted octanol–water partition coefficient (Wildman–Crippen LogP) is 4.61. The number of rotatable bonds is 6. The lowest BCUT2D eigenvalue weighted by Crippen LogP contribution is -2.80. The summed E-state index contributed by atoms with van der Waals surface area (Å²) in [4.78, 5) is 39.6. The summed E-state index contributed by atoms with van der Waals surface area (Å²) < 4.78 is 44.0. The number of cyclic esters (lactones) is 1. The molecule has 3 saturated heterocycles. The first kappa shape index (κ1) is 32.1. The van der Waals surface area contributed by atoms with Crippen LogP contribution in [0.3, 0.4) is 0 Å². The highest BCUT2D eigenvalue weighted by Crippen LogP contribution is 2.84. The molecule has 2 spiro atoms. The normalized spacial score (nSPS) is 50.9. The molecular formula is C35H48O11. The van der Waals surface area contributed by atoms with Crippen LogP contribution in [0.5, 0.6) is 0 Å². The third-order valence-electron chi connectivity index (χ3n) is 13.8. The largest absolute Gasteiger partial charge is 0.472 e. The number of hydrogen-bond donors (Lipinski definition) is 1. The van der Waals surface area contributed by atoms with Gasteiger partial charge < -0.3 is 37.9 Å². The molecule has 11 heteroatoms. The summed E-state index contributed by atoms with van der Waals surface area (Å²) in [7, 11) is 1.39. The predicted molar refractivity (Wildman–Crippen MR) is 160 cm³/mol.